The quantitative estimate of drug-likeness (QED) is 0.831. The SMILES string of the molecule is C[C@H]1CN(Cc2ccc(CC(=O)O)cc2)CCN1C(=O)OCc1ccccc1. The van der Waals surface area contributed by atoms with Gasteiger partial charge in [0.25, 0.3) is 0 Å². The molecule has 0 saturated carbocycles. The van der Waals surface area contributed by atoms with E-state index in [1.165, 1.54) is 0 Å². The highest BCUT2D eigenvalue weighted by atomic mass is 16.6. The molecule has 1 saturated heterocycles. The monoisotopic (exact) mass is 382 g/mol. The van der Waals surface area contributed by atoms with Crippen LogP contribution in [0.25, 0.3) is 0 Å². The van der Waals surface area contributed by atoms with E-state index in [0.717, 1.165) is 36.3 Å². The van der Waals surface area contributed by atoms with Crippen LogP contribution in [-0.2, 0) is 29.1 Å². The van der Waals surface area contributed by atoms with E-state index in [2.05, 4.69) is 4.90 Å². The Labute approximate surface area is 165 Å². The van der Waals surface area contributed by atoms with Crippen molar-refractivity contribution in [2.45, 2.75) is 32.5 Å². The molecular formula is C22H26N2O4. The lowest BCUT2D eigenvalue weighted by molar-refractivity contribution is -0.136. The van der Waals surface area contributed by atoms with Crippen molar-refractivity contribution in [1.29, 1.82) is 0 Å². The highest BCUT2D eigenvalue weighted by Crippen LogP contribution is 2.15. The molecular weight excluding hydrogens is 356 g/mol. The fourth-order valence-electron chi connectivity index (χ4n) is 3.45. The number of piperazine rings is 1. The third kappa shape index (κ3) is 5.57. The zero-order chi connectivity index (χ0) is 19.9. The first-order chi connectivity index (χ1) is 13.5. The highest BCUT2D eigenvalue weighted by molar-refractivity contribution is 5.70. The van der Waals surface area contributed by atoms with Crippen LogP contribution >= 0.6 is 0 Å². The number of carbonyl (C=O) groups is 2. The second-order valence-electron chi connectivity index (χ2n) is 7.20. The Balaban J connectivity index is 1.47. The van der Waals surface area contributed by atoms with E-state index in [4.69, 9.17) is 9.84 Å². The highest BCUT2D eigenvalue weighted by Gasteiger charge is 2.28. The first kappa shape index (κ1) is 19.9. The van der Waals surface area contributed by atoms with Gasteiger partial charge in [-0.15, -0.1) is 0 Å². The number of ether oxygens (including phenoxy) is 1. The average Bonchev–Trinajstić information content (AvgIpc) is 2.68. The zero-order valence-electron chi connectivity index (χ0n) is 16.1. The molecule has 1 fully saturated rings. The minimum atomic E-state index is -0.822. The first-order valence-corrected chi connectivity index (χ1v) is 9.50. The van der Waals surface area contributed by atoms with Gasteiger partial charge in [-0.3, -0.25) is 9.69 Å². The van der Waals surface area contributed by atoms with E-state index in [9.17, 15) is 9.59 Å². The fourth-order valence-corrected chi connectivity index (χ4v) is 3.45. The van der Waals surface area contributed by atoms with Crippen molar-refractivity contribution in [1.82, 2.24) is 9.80 Å². The van der Waals surface area contributed by atoms with E-state index in [0.29, 0.717) is 6.54 Å². The van der Waals surface area contributed by atoms with E-state index < -0.39 is 5.97 Å². The van der Waals surface area contributed by atoms with Gasteiger partial charge >= 0.3 is 12.1 Å². The summed E-state index contributed by atoms with van der Waals surface area (Å²) in [5.74, 6) is -0.822. The molecule has 2 aromatic rings. The summed E-state index contributed by atoms with van der Waals surface area (Å²) in [5.41, 5.74) is 2.92. The minimum absolute atomic E-state index is 0.0427. The molecule has 0 bridgehead atoms. The van der Waals surface area contributed by atoms with Gasteiger partial charge in [0.2, 0.25) is 0 Å². The lowest BCUT2D eigenvalue weighted by Gasteiger charge is -2.39. The number of benzene rings is 2. The predicted molar refractivity (Wildman–Crippen MR) is 106 cm³/mol. The zero-order valence-corrected chi connectivity index (χ0v) is 16.1. The maximum Gasteiger partial charge on any atom is 0.410 e. The molecule has 148 valence electrons. The van der Waals surface area contributed by atoms with Gasteiger partial charge in [-0.25, -0.2) is 4.79 Å². The van der Waals surface area contributed by atoms with Gasteiger partial charge < -0.3 is 14.7 Å². The van der Waals surface area contributed by atoms with Crippen molar-refractivity contribution < 1.29 is 19.4 Å². The lowest BCUT2D eigenvalue weighted by Crippen LogP contribution is -2.53. The summed E-state index contributed by atoms with van der Waals surface area (Å²) in [7, 11) is 0. The topological polar surface area (TPSA) is 70.1 Å². The largest absolute Gasteiger partial charge is 0.481 e. The van der Waals surface area contributed by atoms with Gasteiger partial charge in [0.05, 0.1) is 6.42 Å². The van der Waals surface area contributed by atoms with Gasteiger partial charge in [-0.2, -0.15) is 0 Å². The predicted octanol–water partition coefficient (Wildman–Crippen LogP) is 3.16. The van der Waals surface area contributed by atoms with E-state index in [1.54, 1.807) is 4.90 Å². The van der Waals surface area contributed by atoms with Gasteiger partial charge in [-0.1, -0.05) is 54.6 Å². The smallest absolute Gasteiger partial charge is 0.410 e. The molecule has 1 atom stereocenters. The number of nitrogens with zero attached hydrogens (tertiary/aromatic N) is 2. The van der Waals surface area contributed by atoms with Crippen molar-refractivity contribution in [2.75, 3.05) is 19.6 Å². The third-order valence-corrected chi connectivity index (χ3v) is 4.94. The summed E-state index contributed by atoms with van der Waals surface area (Å²) in [5, 5.41) is 8.85. The van der Waals surface area contributed by atoms with Crippen LogP contribution in [0.1, 0.15) is 23.6 Å². The second kappa shape index (κ2) is 9.37. The summed E-state index contributed by atoms with van der Waals surface area (Å²) in [6, 6.07) is 17.4. The second-order valence-corrected chi connectivity index (χ2v) is 7.20. The fraction of sp³-hybridized carbons (Fsp3) is 0.364. The summed E-state index contributed by atoms with van der Waals surface area (Å²) in [4.78, 5) is 27.3. The van der Waals surface area contributed by atoms with Gasteiger partial charge in [0.15, 0.2) is 0 Å². The van der Waals surface area contributed by atoms with Crippen LogP contribution in [0.4, 0.5) is 4.79 Å². The molecule has 1 N–H and O–H groups in total. The molecule has 0 spiro atoms. The molecule has 28 heavy (non-hydrogen) atoms. The molecule has 0 radical (unpaired) electrons. The number of hydrogen-bond donors (Lipinski definition) is 1. The van der Waals surface area contributed by atoms with Crippen molar-refractivity contribution in [3.8, 4) is 0 Å². The Bertz CT molecular complexity index is 792. The van der Waals surface area contributed by atoms with E-state index in [-0.39, 0.29) is 25.2 Å². The van der Waals surface area contributed by atoms with Crippen LogP contribution in [0.3, 0.4) is 0 Å². The summed E-state index contributed by atoms with van der Waals surface area (Å²) in [6.45, 7) is 5.29. The standard InChI is InChI=1S/C22H26N2O4/c1-17-14-23(15-19-9-7-18(8-10-19)13-21(25)26)11-12-24(17)22(27)28-16-20-5-3-2-4-6-20/h2-10,17H,11-16H2,1H3,(H,25,26)/t17-/m0/s1. The third-order valence-electron chi connectivity index (χ3n) is 4.94. The first-order valence-electron chi connectivity index (χ1n) is 9.50. The van der Waals surface area contributed by atoms with Gasteiger partial charge in [-0.05, 0) is 23.6 Å². The molecule has 1 amide bonds. The number of carbonyl (C=O) groups excluding carboxylic acids is 1. The van der Waals surface area contributed by atoms with Crippen LogP contribution < -0.4 is 0 Å². The molecule has 6 nitrogen and oxygen atoms in total. The molecule has 1 aliphatic heterocycles. The average molecular weight is 382 g/mol. The Hall–Kier alpha value is -2.86. The normalized spacial score (nSPS) is 17.3. The molecule has 6 heteroatoms. The number of hydrogen-bond acceptors (Lipinski definition) is 4. The lowest BCUT2D eigenvalue weighted by atomic mass is 10.1. The molecule has 2 aromatic carbocycles. The Morgan fingerprint density at radius 1 is 1.00 bits per heavy atom. The number of amides is 1. The number of rotatable bonds is 6. The number of aliphatic carboxylic acids is 1. The summed E-state index contributed by atoms with van der Waals surface area (Å²) in [6.07, 6.45) is -0.227. The molecule has 0 unspecified atom stereocenters. The van der Waals surface area contributed by atoms with Crippen LogP contribution in [0.2, 0.25) is 0 Å². The molecule has 0 aromatic heterocycles. The summed E-state index contributed by atoms with van der Waals surface area (Å²) < 4.78 is 5.46. The number of carboxylic acids is 1. The maximum atomic E-state index is 12.4. The van der Waals surface area contributed by atoms with Crippen LogP contribution in [0.15, 0.2) is 54.6 Å². The Morgan fingerprint density at radius 3 is 2.32 bits per heavy atom. The molecule has 3 rings (SSSR count). The number of carboxylic acid groups (broad SMARTS) is 1. The van der Waals surface area contributed by atoms with Crippen LogP contribution in [0, 0.1) is 0 Å². The minimum Gasteiger partial charge on any atom is -0.481 e. The maximum absolute atomic E-state index is 12.4. The Kier molecular flexibility index (Phi) is 6.66. The van der Waals surface area contributed by atoms with Crippen molar-refractivity contribution in [3.63, 3.8) is 0 Å². The summed E-state index contributed by atoms with van der Waals surface area (Å²) >= 11 is 0. The van der Waals surface area contributed by atoms with E-state index >= 15 is 0 Å². The van der Waals surface area contributed by atoms with Gasteiger partial charge in [0, 0.05) is 32.2 Å². The van der Waals surface area contributed by atoms with Crippen LogP contribution in [0.5, 0.6) is 0 Å². The van der Waals surface area contributed by atoms with Crippen molar-refractivity contribution in [3.05, 3.63) is 71.3 Å². The van der Waals surface area contributed by atoms with E-state index in [1.807, 2.05) is 61.5 Å². The van der Waals surface area contributed by atoms with Crippen molar-refractivity contribution >= 4 is 12.1 Å². The van der Waals surface area contributed by atoms with Gasteiger partial charge in [0.1, 0.15) is 6.61 Å². The van der Waals surface area contributed by atoms with Crippen LogP contribution in [-0.4, -0.2) is 52.6 Å². The van der Waals surface area contributed by atoms with Crippen molar-refractivity contribution in [2.24, 2.45) is 0 Å². The molecule has 1 aliphatic rings. The molecule has 0 aliphatic carbocycles. The Morgan fingerprint density at radius 2 is 1.68 bits per heavy atom. The molecule has 1 heterocycles.